The predicted molar refractivity (Wildman–Crippen MR) is 115 cm³/mol. The van der Waals surface area contributed by atoms with E-state index in [0.29, 0.717) is 19.7 Å². The van der Waals surface area contributed by atoms with Crippen molar-refractivity contribution >= 4 is 21.2 Å². The second-order valence-corrected chi connectivity index (χ2v) is 11.0. The van der Waals surface area contributed by atoms with Crippen molar-refractivity contribution in [3.8, 4) is 0 Å². The van der Waals surface area contributed by atoms with E-state index in [4.69, 9.17) is 4.74 Å². The van der Waals surface area contributed by atoms with Gasteiger partial charge in [0.05, 0.1) is 30.3 Å². The Hall–Kier alpha value is -1.29. The number of hydrogen-bond donors (Lipinski definition) is 0. The summed E-state index contributed by atoms with van der Waals surface area (Å²) < 4.78 is 33.8. The highest BCUT2D eigenvalue weighted by atomic mass is 32.2. The van der Waals surface area contributed by atoms with E-state index in [1.165, 1.54) is 0 Å². The molecule has 0 atom stereocenters. The SMILES string of the molecule is COCCn1c(CN(C)Cc2nc(C)cs2)cnc1S(=O)(=O)C1CCCCCC1. The highest BCUT2D eigenvalue weighted by molar-refractivity contribution is 7.91. The average Bonchev–Trinajstić information content (AvgIpc) is 3.14. The number of methoxy groups -OCH3 is 1. The maximum Gasteiger partial charge on any atom is 0.228 e. The van der Waals surface area contributed by atoms with Crippen molar-refractivity contribution in [3.05, 3.63) is 28.0 Å². The van der Waals surface area contributed by atoms with Gasteiger partial charge in [0.2, 0.25) is 15.0 Å². The molecule has 1 saturated carbocycles. The minimum atomic E-state index is -3.45. The van der Waals surface area contributed by atoms with Gasteiger partial charge in [-0.3, -0.25) is 4.90 Å². The lowest BCUT2D eigenvalue weighted by Crippen LogP contribution is -2.26. The minimum absolute atomic E-state index is 0.204. The molecule has 0 aromatic carbocycles. The fourth-order valence-corrected chi connectivity index (χ4v) is 6.73. The first kappa shape index (κ1) is 22.4. The molecule has 2 aromatic rings. The quantitative estimate of drug-likeness (QED) is 0.556. The van der Waals surface area contributed by atoms with Crippen LogP contribution in [0.5, 0.6) is 0 Å². The van der Waals surface area contributed by atoms with Crippen LogP contribution in [0.15, 0.2) is 16.7 Å². The summed E-state index contributed by atoms with van der Waals surface area (Å²) >= 11 is 1.65. The van der Waals surface area contributed by atoms with Gasteiger partial charge in [-0.05, 0) is 26.8 Å². The van der Waals surface area contributed by atoms with Crippen molar-refractivity contribution in [2.24, 2.45) is 0 Å². The van der Waals surface area contributed by atoms with Crippen LogP contribution < -0.4 is 0 Å². The number of thiazole rings is 1. The van der Waals surface area contributed by atoms with Crippen LogP contribution in [0.1, 0.15) is 54.9 Å². The van der Waals surface area contributed by atoms with E-state index in [1.807, 2.05) is 23.9 Å². The molecule has 0 spiro atoms. The van der Waals surface area contributed by atoms with E-state index in [-0.39, 0.29) is 10.4 Å². The van der Waals surface area contributed by atoms with Gasteiger partial charge in [0.25, 0.3) is 0 Å². The molecule has 1 fully saturated rings. The monoisotopic (exact) mass is 440 g/mol. The molecule has 0 radical (unpaired) electrons. The summed E-state index contributed by atoms with van der Waals surface area (Å²) in [4.78, 5) is 11.0. The second-order valence-electron chi connectivity index (χ2n) is 7.89. The van der Waals surface area contributed by atoms with E-state index in [2.05, 4.69) is 14.9 Å². The van der Waals surface area contributed by atoms with Crippen molar-refractivity contribution in [1.29, 1.82) is 0 Å². The Morgan fingerprint density at radius 1 is 1.24 bits per heavy atom. The van der Waals surface area contributed by atoms with Gasteiger partial charge in [-0.1, -0.05) is 25.7 Å². The van der Waals surface area contributed by atoms with Crippen LogP contribution in [0.3, 0.4) is 0 Å². The third-order valence-corrected chi connectivity index (χ3v) is 8.56. The molecule has 1 aliphatic rings. The molecule has 2 heterocycles. The van der Waals surface area contributed by atoms with Crippen molar-refractivity contribution in [1.82, 2.24) is 19.4 Å². The highest BCUT2D eigenvalue weighted by Gasteiger charge is 2.32. The highest BCUT2D eigenvalue weighted by Crippen LogP contribution is 2.28. The molecule has 9 heteroatoms. The molecule has 0 aliphatic heterocycles. The molecule has 3 rings (SSSR count). The molecule has 29 heavy (non-hydrogen) atoms. The van der Waals surface area contributed by atoms with Crippen LogP contribution in [0.25, 0.3) is 0 Å². The lowest BCUT2D eigenvalue weighted by Gasteiger charge is -2.19. The number of imidazole rings is 1. The van der Waals surface area contributed by atoms with Crippen molar-refractivity contribution in [2.45, 2.75) is 75.5 Å². The van der Waals surface area contributed by atoms with E-state index in [0.717, 1.165) is 61.5 Å². The number of nitrogens with zero attached hydrogens (tertiary/aromatic N) is 4. The first-order valence-electron chi connectivity index (χ1n) is 10.3. The maximum atomic E-state index is 13.4. The zero-order valence-corrected chi connectivity index (χ0v) is 19.3. The average molecular weight is 441 g/mol. The number of aryl methyl sites for hydroxylation is 1. The Kier molecular flexibility index (Phi) is 7.84. The smallest absolute Gasteiger partial charge is 0.228 e. The molecule has 0 amide bonds. The van der Waals surface area contributed by atoms with Gasteiger partial charge in [0, 0.05) is 31.3 Å². The van der Waals surface area contributed by atoms with Crippen molar-refractivity contribution in [3.63, 3.8) is 0 Å². The standard InChI is InChI=1S/C20H32N4O3S2/c1-16-15-28-19(22-16)14-23(2)13-17-12-21-20(24(17)10-11-27-3)29(25,26)18-8-6-4-5-7-9-18/h12,15,18H,4-11,13-14H2,1-3H3. The molecule has 0 unspecified atom stereocenters. The Morgan fingerprint density at radius 3 is 2.59 bits per heavy atom. The van der Waals surface area contributed by atoms with Gasteiger partial charge in [-0.15, -0.1) is 11.3 Å². The molecule has 0 bridgehead atoms. The normalized spacial score (nSPS) is 16.4. The molecule has 1 aliphatic carbocycles. The summed E-state index contributed by atoms with van der Waals surface area (Å²) in [7, 11) is 0.200. The van der Waals surface area contributed by atoms with Crippen LogP contribution >= 0.6 is 11.3 Å². The third kappa shape index (κ3) is 5.65. The zero-order chi connectivity index (χ0) is 20.9. The Bertz CT molecular complexity index is 883. The summed E-state index contributed by atoms with van der Waals surface area (Å²) in [5, 5.41) is 2.98. The lowest BCUT2D eigenvalue weighted by atomic mass is 10.2. The lowest BCUT2D eigenvalue weighted by molar-refractivity contribution is 0.182. The largest absolute Gasteiger partial charge is 0.383 e. The van der Waals surface area contributed by atoms with Gasteiger partial charge < -0.3 is 9.30 Å². The molecule has 2 aromatic heterocycles. The number of sulfone groups is 1. The van der Waals surface area contributed by atoms with Gasteiger partial charge >= 0.3 is 0 Å². The van der Waals surface area contributed by atoms with E-state index < -0.39 is 9.84 Å². The topological polar surface area (TPSA) is 77.3 Å². The third-order valence-electron chi connectivity index (χ3n) is 5.42. The first-order valence-corrected chi connectivity index (χ1v) is 12.7. The fraction of sp³-hybridized carbons (Fsp3) is 0.700. The maximum absolute atomic E-state index is 13.4. The second kappa shape index (κ2) is 10.1. The molecule has 0 N–H and O–H groups in total. The first-order chi connectivity index (χ1) is 13.9. The number of rotatable bonds is 9. The van der Waals surface area contributed by atoms with E-state index >= 15 is 0 Å². The molecular weight excluding hydrogens is 408 g/mol. The summed E-state index contributed by atoms with van der Waals surface area (Å²) in [6.45, 7) is 4.25. The van der Waals surface area contributed by atoms with Crippen LogP contribution in [0.2, 0.25) is 0 Å². The summed E-state index contributed by atoms with van der Waals surface area (Å²) in [6.07, 6.45) is 7.38. The van der Waals surface area contributed by atoms with Crippen LogP contribution in [0.4, 0.5) is 0 Å². The molecular formula is C20H32N4O3S2. The van der Waals surface area contributed by atoms with Crippen LogP contribution in [-0.2, 0) is 34.2 Å². The van der Waals surface area contributed by atoms with Gasteiger partial charge in [-0.2, -0.15) is 0 Å². The van der Waals surface area contributed by atoms with Gasteiger partial charge in [0.15, 0.2) is 0 Å². The summed E-state index contributed by atoms with van der Waals surface area (Å²) in [6, 6.07) is 0. The number of hydrogen-bond acceptors (Lipinski definition) is 7. The van der Waals surface area contributed by atoms with Gasteiger partial charge in [0.1, 0.15) is 5.01 Å². The number of aromatic nitrogens is 3. The molecule has 7 nitrogen and oxygen atoms in total. The Labute approximate surface area is 178 Å². The summed E-state index contributed by atoms with van der Waals surface area (Å²) in [5.74, 6) is 0. The van der Waals surface area contributed by atoms with Crippen LogP contribution in [0, 0.1) is 6.92 Å². The van der Waals surface area contributed by atoms with Crippen molar-refractivity contribution < 1.29 is 13.2 Å². The van der Waals surface area contributed by atoms with Crippen molar-refractivity contribution in [2.75, 3.05) is 20.8 Å². The van der Waals surface area contributed by atoms with Crippen LogP contribution in [-0.4, -0.2) is 53.9 Å². The summed E-state index contributed by atoms with van der Waals surface area (Å²) in [5.41, 5.74) is 1.92. The van der Waals surface area contributed by atoms with E-state index in [1.54, 1.807) is 24.6 Å². The zero-order valence-electron chi connectivity index (χ0n) is 17.6. The Balaban J connectivity index is 1.81. The van der Waals surface area contributed by atoms with Gasteiger partial charge in [-0.25, -0.2) is 18.4 Å². The molecule has 0 saturated heterocycles. The molecule has 162 valence electrons. The minimum Gasteiger partial charge on any atom is -0.383 e. The number of ether oxygens (including phenoxy) is 1. The Morgan fingerprint density at radius 2 is 1.97 bits per heavy atom. The predicted octanol–water partition coefficient (Wildman–Crippen LogP) is 3.42. The fourth-order valence-electron chi connectivity index (χ4n) is 3.91. The van der Waals surface area contributed by atoms with E-state index in [9.17, 15) is 8.42 Å².